The molecule has 1 unspecified atom stereocenters. The van der Waals surface area contributed by atoms with E-state index in [9.17, 15) is 0 Å². The van der Waals surface area contributed by atoms with Gasteiger partial charge in [-0.2, -0.15) is 12.6 Å². The topological polar surface area (TPSA) is 3.24 Å². The van der Waals surface area contributed by atoms with Gasteiger partial charge in [0, 0.05) is 22.9 Å². The highest BCUT2D eigenvalue weighted by Crippen LogP contribution is 2.34. The van der Waals surface area contributed by atoms with Crippen LogP contribution in [0, 0.1) is 0 Å². The van der Waals surface area contributed by atoms with E-state index in [-0.39, 0.29) is 4.71 Å². The molecule has 0 aliphatic rings. The molecule has 31 heavy (non-hydrogen) atoms. The average Bonchev–Trinajstić information content (AvgIpc) is 2.86. The summed E-state index contributed by atoms with van der Waals surface area (Å²) in [6, 6.07) is 41.5. The molecule has 0 radical (unpaired) electrons. The highest BCUT2D eigenvalue weighted by atomic mass is 32.2. The Balaban J connectivity index is 0.000000287. The fraction of sp³-hybridized carbons (Fsp3) is 0.111. The molecule has 0 N–H and O–H groups in total. The maximum atomic E-state index is 4.87. The summed E-state index contributed by atoms with van der Waals surface area (Å²) in [4.78, 5) is 2.26. The van der Waals surface area contributed by atoms with E-state index in [1.54, 1.807) is 0 Å². The number of hydrogen-bond donors (Lipinski definition) is 2. The summed E-state index contributed by atoms with van der Waals surface area (Å²) in [6.45, 7) is 0. The Morgan fingerprint density at radius 1 is 0.581 bits per heavy atom. The summed E-state index contributed by atoms with van der Waals surface area (Å²) >= 11 is 10.8. The van der Waals surface area contributed by atoms with Crippen LogP contribution in [0.4, 0.5) is 11.4 Å². The molecule has 0 saturated heterocycles. The van der Waals surface area contributed by atoms with Gasteiger partial charge in [0.1, 0.15) is 4.71 Å². The van der Waals surface area contributed by atoms with Gasteiger partial charge in [-0.15, -0.1) is 24.4 Å². The van der Waals surface area contributed by atoms with Crippen molar-refractivity contribution in [2.24, 2.45) is 0 Å². The molecule has 0 spiro atoms. The second-order valence-corrected chi connectivity index (χ2v) is 9.03. The van der Waals surface area contributed by atoms with Gasteiger partial charge in [0.25, 0.3) is 0 Å². The molecule has 0 aliphatic heterocycles. The van der Waals surface area contributed by atoms with Crippen LogP contribution in [0.5, 0.6) is 0 Å². The van der Waals surface area contributed by atoms with Gasteiger partial charge in [-0.1, -0.05) is 97.1 Å². The zero-order chi connectivity index (χ0) is 21.7. The molecule has 0 heterocycles. The molecule has 0 fully saturated rings. The molecule has 1 atom stereocenters. The first-order chi connectivity index (χ1) is 15.3. The first kappa shape index (κ1) is 23.4. The van der Waals surface area contributed by atoms with E-state index in [0.29, 0.717) is 0 Å². The third-order valence-corrected chi connectivity index (χ3v) is 6.61. The number of nitrogens with zero attached hydrogens (tertiary/aromatic N) is 1. The molecule has 4 heteroatoms. The van der Waals surface area contributed by atoms with Gasteiger partial charge in [-0.05, 0) is 35.4 Å². The Labute approximate surface area is 201 Å². The monoisotopic (exact) mass is 461 g/mol. The van der Waals surface area contributed by atoms with Gasteiger partial charge in [-0.25, -0.2) is 0 Å². The van der Waals surface area contributed by atoms with Crippen molar-refractivity contribution in [3.63, 3.8) is 0 Å². The molecule has 0 amide bonds. The number of thiol groups is 2. The molecule has 0 saturated carbocycles. The molecule has 4 aromatic rings. The van der Waals surface area contributed by atoms with Crippen molar-refractivity contribution in [1.29, 1.82) is 0 Å². The lowest BCUT2D eigenvalue weighted by Gasteiger charge is -2.30. The first-order valence-electron chi connectivity index (χ1n) is 10.2. The number of rotatable bonds is 7. The number of para-hydroxylation sites is 2. The number of anilines is 2. The van der Waals surface area contributed by atoms with Crippen molar-refractivity contribution in [2.45, 2.75) is 16.2 Å². The number of hydrogen-bond acceptors (Lipinski definition) is 4. The van der Waals surface area contributed by atoms with E-state index in [1.165, 1.54) is 11.1 Å². The summed E-state index contributed by atoms with van der Waals surface area (Å²) in [5, 5.41) is 0. The van der Waals surface area contributed by atoms with Crippen molar-refractivity contribution >= 4 is 48.4 Å². The van der Waals surface area contributed by atoms with Gasteiger partial charge < -0.3 is 4.90 Å². The fourth-order valence-corrected chi connectivity index (χ4v) is 4.61. The lowest BCUT2D eigenvalue weighted by Crippen LogP contribution is -2.23. The van der Waals surface area contributed by atoms with Crippen LogP contribution in [-0.4, -0.2) is 4.71 Å². The minimum absolute atomic E-state index is 0.0417. The Morgan fingerprint density at radius 3 is 1.35 bits per heavy atom. The van der Waals surface area contributed by atoms with Gasteiger partial charge in [0.15, 0.2) is 0 Å². The van der Waals surface area contributed by atoms with E-state index < -0.39 is 0 Å². The fourth-order valence-electron chi connectivity index (χ4n) is 2.98. The predicted molar refractivity (Wildman–Crippen MR) is 145 cm³/mol. The van der Waals surface area contributed by atoms with Crippen molar-refractivity contribution in [1.82, 2.24) is 0 Å². The van der Waals surface area contributed by atoms with Crippen molar-refractivity contribution in [2.75, 3.05) is 4.90 Å². The van der Waals surface area contributed by atoms with Crippen molar-refractivity contribution in [3.05, 3.63) is 132 Å². The normalized spacial score (nSPS) is 11.2. The Bertz CT molecular complexity index is 940. The smallest absolute Gasteiger partial charge is 0.124 e. The summed E-state index contributed by atoms with van der Waals surface area (Å²) in [5.74, 6) is 1.77. The minimum atomic E-state index is 0.0417. The molecule has 0 aromatic heterocycles. The first-order valence-corrected chi connectivity index (χ1v) is 12.4. The highest BCUT2D eigenvalue weighted by molar-refractivity contribution is 8.10. The van der Waals surface area contributed by atoms with Gasteiger partial charge in [-0.3, -0.25) is 0 Å². The zero-order valence-corrected chi connectivity index (χ0v) is 19.9. The lowest BCUT2D eigenvalue weighted by atomic mass is 10.2. The average molecular weight is 462 g/mol. The maximum Gasteiger partial charge on any atom is 0.124 e. The second-order valence-electron chi connectivity index (χ2n) is 6.81. The van der Waals surface area contributed by atoms with Crippen molar-refractivity contribution in [3.8, 4) is 0 Å². The maximum absolute atomic E-state index is 4.87. The molecule has 0 bridgehead atoms. The van der Waals surface area contributed by atoms with E-state index >= 15 is 0 Å². The van der Waals surface area contributed by atoms with Crippen LogP contribution in [0.2, 0.25) is 0 Å². The van der Waals surface area contributed by atoms with Crippen LogP contribution < -0.4 is 4.90 Å². The summed E-state index contributed by atoms with van der Waals surface area (Å²) in [5.41, 5.74) is 4.90. The van der Waals surface area contributed by atoms with Crippen LogP contribution in [0.1, 0.15) is 11.1 Å². The quantitative estimate of drug-likeness (QED) is 0.211. The largest absolute Gasteiger partial charge is 0.320 e. The predicted octanol–water partition coefficient (Wildman–Crippen LogP) is 8.09. The van der Waals surface area contributed by atoms with Gasteiger partial charge >= 0.3 is 0 Å². The van der Waals surface area contributed by atoms with Gasteiger partial charge in [0.05, 0.1) is 0 Å². The highest BCUT2D eigenvalue weighted by Gasteiger charge is 2.17. The van der Waals surface area contributed by atoms with E-state index in [2.05, 4.69) is 102 Å². The Hall–Kier alpha value is -2.27. The SMILES string of the molecule is SC(SCc1ccccc1)N(c1ccccc1)c1ccccc1.SCc1ccccc1. The molecule has 4 aromatic carbocycles. The second kappa shape index (κ2) is 13.2. The third kappa shape index (κ3) is 7.73. The number of benzene rings is 4. The molecule has 158 valence electrons. The van der Waals surface area contributed by atoms with Crippen LogP contribution in [0.15, 0.2) is 121 Å². The summed E-state index contributed by atoms with van der Waals surface area (Å²) in [6.07, 6.45) is 0. The third-order valence-electron chi connectivity index (χ3n) is 4.56. The molecule has 1 nitrogen and oxygen atoms in total. The van der Waals surface area contributed by atoms with Crippen LogP contribution >= 0.6 is 37.0 Å². The lowest BCUT2D eigenvalue weighted by molar-refractivity contribution is 1.12. The molecular formula is C27H27NS3. The Kier molecular flexibility index (Phi) is 9.97. The summed E-state index contributed by atoms with van der Waals surface area (Å²) in [7, 11) is 0. The van der Waals surface area contributed by atoms with E-state index in [0.717, 1.165) is 22.9 Å². The van der Waals surface area contributed by atoms with E-state index in [1.807, 2.05) is 48.2 Å². The zero-order valence-electron chi connectivity index (χ0n) is 17.3. The van der Waals surface area contributed by atoms with Crippen LogP contribution in [-0.2, 0) is 11.5 Å². The van der Waals surface area contributed by atoms with Crippen molar-refractivity contribution < 1.29 is 0 Å². The minimum Gasteiger partial charge on any atom is -0.320 e. The van der Waals surface area contributed by atoms with Gasteiger partial charge in [0.2, 0.25) is 0 Å². The van der Waals surface area contributed by atoms with Crippen LogP contribution in [0.3, 0.4) is 0 Å². The van der Waals surface area contributed by atoms with Crippen LogP contribution in [0.25, 0.3) is 0 Å². The van der Waals surface area contributed by atoms with E-state index in [4.69, 9.17) is 12.6 Å². The molecule has 4 rings (SSSR count). The Morgan fingerprint density at radius 2 is 0.968 bits per heavy atom. The number of thioether (sulfide) groups is 1. The molecular weight excluding hydrogens is 435 g/mol. The molecule has 0 aliphatic carbocycles. The summed E-state index contributed by atoms with van der Waals surface area (Å²) < 4.78 is 0.0417. The standard InChI is InChI=1S/C20H19NS2.C7H8S/c22-20(23-16-17-10-4-1-5-11-17)21(18-12-6-2-7-13-18)19-14-8-3-9-15-19;8-6-7-4-2-1-3-5-7/h1-15,20,22H,16H2;1-5,8H,6H2.